The van der Waals surface area contributed by atoms with Gasteiger partial charge in [-0.15, -0.1) is 0 Å². The zero-order chi connectivity index (χ0) is 12.7. The van der Waals surface area contributed by atoms with Crippen molar-refractivity contribution in [2.24, 2.45) is 0 Å². The second kappa shape index (κ2) is 4.17. The first-order valence-corrected chi connectivity index (χ1v) is 6.52. The van der Waals surface area contributed by atoms with Gasteiger partial charge in [0.05, 0.1) is 17.4 Å². The quantitative estimate of drug-likeness (QED) is 0.718. The largest absolute Gasteiger partial charge is 0.305 e. The molecule has 1 aliphatic rings. The molecule has 1 unspecified atom stereocenters. The molecule has 0 aliphatic carbocycles. The Balaban J connectivity index is 1.95. The molecule has 19 heavy (non-hydrogen) atoms. The Morgan fingerprint density at radius 1 is 1.21 bits per heavy atom. The highest BCUT2D eigenvalue weighted by atomic mass is 15.1. The van der Waals surface area contributed by atoms with Crippen molar-refractivity contribution < 1.29 is 0 Å². The maximum absolute atomic E-state index is 4.73. The van der Waals surface area contributed by atoms with E-state index in [1.165, 1.54) is 17.0 Å². The van der Waals surface area contributed by atoms with Crippen molar-refractivity contribution in [2.45, 2.75) is 12.5 Å². The molecule has 3 aromatic heterocycles. The molecule has 4 rings (SSSR count). The molecule has 0 radical (unpaired) electrons. The number of fused-ring (bicyclic) bond motifs is 3. The van der Waals surface area contributed by atoms with E-state index >= 15 is 0 Å². The molecular weight excluding hydrogens is 236 g/mol. The minimum absolute atomic E-state index is 0.176. The molecule has 1 atom stereocenters. The summed E-state index contributed by atoms with van der Waals surface area (Å²) in [5.41, 5.74) is 4.65. The van der Waals surface area contributed by atoms with Crippen molar-refractivity contribution in [3.05, 3.63) is 65.9 Å². The summed E-state index contributed by atoms with van der Waals surface area (Å²) in [5.74, 6) is 0. The zero-order valence-electron chi connectivity index (χ0n) is 10.5. The van der Waals surface area contributed by atoms with E-state index in [1.807, 2.05) is 30.6 Å². The molecular formula is C15H14N4. The average Bonchev–Trinajstić information content (AvgIpc) is 2.86. The Labute approximate surface area is 111 Å². The summed E-state index contributed by atoms with van der Waals surface area (Å²) in [7, 11) is 0. The van der Waals surface area contributed by atoms with Gasteiger partial charge in [-0.25, -0.2) is 4.98 Å². The second-order valence-corrected chi connectivity index (χ2v) is 4.80. The molecule has 94 valence electrons. The first-order valence-electron chi connectivity index (χ1n) is 6.52. The lowest BCUT2D eigenvalue weighted by Crippen LogP contribution is -2.31. The summed E-state index contributed by atoms with van der Waals surface area (Å²) in [5, 5.41) is 3.57. The van der Waals surface area contributed by atoms with Crippen LogP contribution in [0.25, 0.3) is 5.65 Å². The number of rotatable bonds is 1. The summed E-state index contributed by atoms with van der Waals surface area (Å²) in [4.78, 5) is 8.96. The predicted molar refractivity (Wildman–Crippen MR) is 73.0 cm³/mol. The molecule has 0 saturated carbocycles. The van der Waals surface area contributed by atoms with E-state index in [2.05, 4.69) is 33.0 Å². The maximum atomic E-state index is 4.73. The lowest BCUT2D eigenvalue weighted by molar-refractivity contribution is 0.546. The van der Waals surface area contributed by atoms with Gasteiger partial charge in [-0.05, 0) is 23.8 Å². The molecule has 0 amide bonds. The highest BCUT2D eigenvalue weighted by Crippen LogP contribution is 2.28. The summed E-state index contributed by atoms with van der Waals surface area (Å²) in [6, 6.07) is 10.4. The van der Waals surface area contributed by atoms with Crippen LogP contribution in [0.1, 0.15) is 23.0 Å². The van der Waals surface area contributed by atoms with Gasteiger partial charge in [0.25, 0.3) is 0 Å². The van der Waals surface area contributed by atoms with Crippen molar-refractivity contribution >= 4 is 5.65 Å². The van der Waals surface area contributed by atoms with Crippen LogP contribution < -0.4 is 5.32 Å². The van der Waals surface area contributed by atoms with Gasteiger partial charge < -0.3 is 9.72 Å². The highest BCUT2D eigenvalue weighted by Gasteiger charge is 2.26. The molecule has 4 heteroatoms. The van der Waals surface area contributed by atoms with Crippen LogP contribution in [0, 0.1) is 0 Å². The van der Waals surface area contributed by atoms with Gasteiger partial charge in [0.15, 0.2) is 0 Å². The number of imidazole rings is 1. The number of nitrogens with one attached hydrogen (secondary N) is 1. The van der Waals surface area contributed by atoms with Crippen molar-refractivity contribution in [3.63, 3.8) is 0 Å². The van der Waals surface area contributed by atoms with Crippen LogP contribution in [-0.2, 0) is 6.42 Å². The molecule has 4 nitrogen and oxygen atoms in total. The first kappa shape index (κ1) is 10.7. The molecule has 1 aliphatic heterocycles. The average molecular weight is 250 g/mol. The van der Waals surface area contributed by atoms with Crippen LogP contribution in [0.15, 0.2) is 48.9 Å². The standard InChI is InChI=1S/C15H14N4/c1-2-9-19-13(5-1)18-12-6-8-17-14(15(12)19)11-4-3-7-16-10-11/h1-5,7,9-10,14,17H,6,8H2. The van der Waals surface area contributed by atoms with E-state index in [0.717, 1.165) is 18.6 Å². The minimum Gasteiger partial charge on any atom is -0.305 e. The SMILES string of the molecule is c1cncc(C2NCCc3nc4ccccn4c32)c1. The van der Waals surface area contributed by atoms with Gasteiger partial charge in [-0.2, -0.15) is 0 Å². The smallest absolute Gasteiger partial charge is 0.137 e. The second-order valence-electron chi connectivity index (χ2n) is 4.80. The number of nitrogens with zero attached hydrogens (tertiary/aromatic N) is 3. The van der Waals surface area contributed by atoms with Gasteiger partial charge in [0.2, 0.25) is 0 Å². The van der Waals surface area contributed by atoms with Crippen LogP contribution in [0.5, 0.6) is 0 Å². The van der Waals surface area contributed by atoms with E-state index in [1.54, 1.807) is 0 Å². The predicted octanol–water partition coefficient (Wildman–Crippen LogP) is 1.96. The van der Waals surface area contributed by atoms with Crippen LogP contribution in [-0.4, -0.2) is 20.9 Å². The third-order valence-electron chi connectivity index (χ3n) is 3.64. The molecule has 0 spiro atoms. The Morgan fingerprint density at radius 2 is 2.21 bits per heavy atom. The van der Waals surface area contributed by atoms with Gasteiger partial charge >= 0.3 is 0 Å². The monoisotopic (exact) mass is 250 g/mol. The molecule has 0 saturated heterocycles. The minimum atomic E-state index is 0.176. The van der Waals surface area contributed by atoms with Crippen LogP contribution in [0.3, 0.4) is 0 Å². The molecule has 3 aromatic rings. The fourth-order valence-electron chi connectivity index (χ4n) is 2.81. The van der Waals surface area contributed by atoms with Crippen LogP contribution in [0.4, 0.5) is 0 Å². The van der Waals surface area contributed by atoms with Crippen LogP contribution >= 0.6 is 0 Å². The van der Waals surface area contributed by atoms with Crippen molar-refractivity contribution in [2.75, 3.05) is 6.54 Å². The summed E-state index contributed by atoms with van der Waals surface area (Å²) in [6.45, 7) is 0.955. The summed E-state index contributed by atoms with van der Waals surface area (Å²) >= 11 is 0. The molecule has 0 fully saturated rings. The first-order chi connectivity index (χ1) is 9.43. The Hall–Kier alpha value is -2.20. The van der Waals surface area contributed by atoms with Gasteiger partial charge in [0, 0.05) is 31.6 Å². The third kappa shape index (κ3) is 1.64. The van der Waals surface area contributed by atoms with Gasteiger partial charge in [0.1, 0.15) is 5.65 Å². The third-order valence-corrected chi connectivity index (χ3v) is 3.64. The van der Waals surface area contributed by atoms with E-state index in [-0.39, 0.29) is 6.04 Å². The zero-order valence-corrected chi connectivity index (χ0v) is 10.5. The number of hydrogen-bond acceptors (Lipinski definition) is 3. The number of hydrogen-bond donors (Lipinski definition) is 1. The van der Waals surface area contributed by atoms with Crippen LogP contribution in [0.2, 0.25) is 0 Å². The van der Waals surface area contributed by atoms with Gasteiger partial charge in [-0.3, -0.25) is 4.98 Å². The van der Waals surface area contributed by atoms with Gasteiger partial charge in [-0.1, -0.05) is 12.1 Å². The Kier molecular flexibility index (Phi) is 2.35. The highest BCUT2D eigenvalue weighted by molar-refractivity contribution is 5.46. The molecule has 4 heterocycles. The van der Waals surface area contributed by atoms with E-state index in [9.17, 15) is 0 Å². The Bertz CT molecular complexity index is 717. The molecule has 1 N–H and O–H groups in total. The normalized spacial score (nSPS) is 18.4. The molecule has 0 bridgehead atoms. The van der Waals surface area contributed by atoms with E-state index in [4.69, 9.17) is 4.98 Å². The summed E-state index contributed by atoms with van der Waals surface area (Å²) in [6.07, 6.45) is 6.79. The van der Waals surface area contributed by atoms with Crippen molar-refractivity contribution in [3.8, 4) is 0 Å². The fraction of sp³-hybridized carbons (Fsp3) is 0.200. The summed E-state index contributed by atoms with van der Waals surface area (Å²) < 4.78 is 2.18. The van der Waals surface area contributed by atoms with Crippen molar-refractivity contribution in [1.29, 1.82) is 0 Å². The topological polar surface area (TPSA) is 42.2 Å². The van der Waals surface area contributed by atoms with E-state index in [0.29, 0.717) is 0 Å². The maximum Gasteiger partial charge on any atom is 0.137 e. The number of pyridine rings is 2. The van der Waals surface area contributed by atoms with E-state index < -0.39 is 0 Å². The molecule has 0 aromatic carbocycles. The van der Waals surface area contributed by atoms with Crippen molar-refractivity contribution in [1.82, 2.24) is 19.7 Å². The fourth-order valence-corrected chi connectivity index (χ4v) is 2.81. The lowest BCUT2D eigenvalue weighted by Gasteiger charge is -2.24. The Morgan fingerprint density at radius 3 is 3.11 bits per heavy atom. The number of aromatic nitrogens is 3. The lowest BCUT2D eigenvalue weighted by atomic mass is 9.99.